The molecule has 0 saturated carbocycles. The van der Waals surface area contributed by atoms with E-state index in [9.17, 15) is 16.8 Å². The monoisotopic (exact) mass is 422 g/mol. The van der Waals surface area contributed by atoms with Crippen LogP contribution in [0.5, 0.6) is 0 Å². The van der Waals surface area contributed by atoms with Crippen LogP contribution < -0.4 is 9.44 Å². The Bertz CT molecular complexity index is 929. The summed E-state index contributed by atoms with van der Waals surface area (Å²) in [6.07, 6.45) is 0. The molecule has 2 N–H and O–H groups in total. The summed E-state index contributed by atoms with van der Waals surface area (Å²) in [6, 6.07) is 10.7. The smallest absolute Gasteiger partial charge is 0.210 e. The van der Waals surface area contributed by atoms with Crippen molar-refractivity contribution >= 4 is 43.2 Å². The van der Waals surface area contributed by atoms with E-state index in [-0.39, 0.29) is 16.3 Å². The van der Waals surface area contributed by atoms with Crippen molar-refractivity contribution in [2.75, 3.05) is 6.54 Å². The van der Waals surface area contributed by atoms with Crippen LogP contribution in [0, 0.1) is 0 Å². The third-order valence-electron chi connectivity index (χ3n) is 3.18. The molecule has 1 atom stereocenters. The van der Waals surface area contributed by atoms with Crippen molar-refractivity contribution in [3.05, 3.63) is 58.6 Å². The maximum absolute atomic E-state index is 12.2. The molecule has 0 aliphatic carbocycles. The van der Waals surface area contributed by atoms with Gasteiger partial charge in [0.2, 0.25) is 20.0 Å². The summed E-state index contributed by atoms with van der Waals surface area (Å²) >= 11 is 11.5. The zero-order valence-electron chi connectivity index (χ0n) is 13.1. The Balaban J connectivity index is 2.01. The summed E-state index contributed by atoms with van der Waals surface area (Å²) in [7, 11) is -7.53. The number of nitrogens with one attached hydrogen (secondary N) is 2. The summed E-state index contributed by atoms with van der Waals surface area (Å²) in [4.78, 5) is 0.0916. The van der Waals surface area contributed by atoms with E-state index >= 15 is 0 Å². The van der Waals surface area contributed by atoms with E-state index < -0.39 is 26.1 Å². The highest BCUT2D eigenvalue weighted by Crippen LogP contribution is 2.15. The largest absolute Gasteiger partial charge is 0.240 e. The quantitative estimate of drug-likeness (QED) is 0.716. The average Bonchev–Trinajstić information content (AvgIpc) is 2.53. The fourth-order valence-electron chi connectivity index (χ4n) is 1.92. The van der Waals surface area contributed by atoms with Gasteiger partial charge in [0, 0.05) is 22.6 Å². The lowest BCUT2D eigenvalue weighted by atomic mass is 10.4. The van der Waals surface area contributed by atoms with Crippen molar-refractivity contribution in [1.29, 1.82) is 0 Å². The van der Waals surface area contributed by atoms with Crippen LogP contribution in [0.25, 0.3) is 0 Å². The minimum absolute atomic E-state index is 0.0457. The number of hydrogen-bond acceptors (Lipinski definition) is 4. The van der Waals surface area contributed by atoms with Gasteiger partial charge in [-0.25, -0.2) is 26.3 Å². The summed E-state index contributed by atoms with van der Waals surface area (Å²) < 4.78 is 53.6. The van der Waals surface area contributed by atoms with Crippen molar-refractivity contribution in [2.24, 2.45) is 0 Å². The molecule has 0 aliphatic heterocycles. The van der Waals surface area contributed by atoms with E-state index in [1.54, 1.807) is 6.92 Å². The Morgan fingerprint density at radius 3 is 1.64 bits per heavy atom. The first kappa shape index (κ1) is 20.2. The fraction of sp³-hybridized carbons (Fsp3) is 0.200. The SMILES string of the molecule is CC(CNS(=O)(=O)c1ccc(Cl)cc1)NS(=O)(=O)c1ccc(Cl)cc1. The van der Waals surface area contributed by atoms with E-state index in [4.69, 9.17) is 23.2 Å². The Hall–Kier alpha value is -1.16. The lowest BCUT2D eigenvalue weighted by molar-refractivity contribution is 0.545. The van der Waals surface area contributed by atoms with Gasteiger partial charge < -0.3 is 0 Å². The molecule has 2 rings (SSSR count). The predicted octanol–water partition coefficient (Wildman–Crippen LogP) is 2.64. The molecule has 0 radical (unpaired) electrons. The molecule has 1 unspecified atom stereocenters. The van der Waals surface area contributed by atoms with Crippen LogP contribution in [0.4, 0.5) is 0 Å². The molecule has 0 saturated heterocycles. The molecule has 0 aliphatic rings. The molecule has 10 heteroatoms. The summed E-state index contributed by atoms with van der Waals surface area (Å²) in [5.74, 6) is 0. The Morgan fingerprint density at radius 1 is 0.800 bits per heavy atom. The molecule has 25 heavy (non-hydrogen) atoms. The Kier molecular flexibility index (Phi) is 6.47. The highest BCUT2D eigenvalue weighted by atomic mass is 35.5. The second kappa shape index (κ2) is 8.03. The molecule has 136 valence electrons. The standard InChI is InChI=1S/C15H16Cl2N2O4S2/c1-11(19-25(22,23)15-8-4-13(17)5-9-15)10-18-24(20,21)14-6-2-12(16)3-7-14/h2-9,11,18-19H,10H2,1H3. The van der Waals surface area contributed by atoms with Gasteiger partial charge in [-0.3, -0.25) is 0 Å². The van der Waals surface area contributed by atoms with Gasteiger partial charge in [0.15, 0.2) is 0 Å². The van der Waals surface area contributed by atoms with Gasteiger partial charge in [-0.1, -0.05) is 23.2 Å². The predicted molar refractivity (Wildman–Crippen MR) is 97.9 cm³/mol. The normalized spacial score (nSPS) is 13.6. The molecular formula is C15H16Cl2N2O4S2. The minimum atomic E-state index is -3.78. The lowest BCUT2D eigenvalue weighted by Gasteiger charge is -2.15. The second-order valence-electron chi connectivity index (χ2n) is 5.28. The molecule has 0 aromatic heterocycles. The third kappa shape index (κ3) is 5.67. The van der Waals surface area contributed by atoms with Gasteiger partial charge in [-0.2, -0.15) is 0 Å². The van der Waals surface area contributed by atoms with Crippen molar-refractivity contribution in [3.63, 3.8) is 0 Å². The van der Waals surface area contributed by atoms with Gasteiger partial charge in [0.25, 0.3) is 0 Å². The number of hydrogen-bond donors (Lipinski definition) is 2. The van der Waals surface area contributed by atoms with Crippen LogP contribution in [-0.4, -0.2) is 29.4 Å². The maximum atomic E-state index is 12.2. The molecule has 2 aromatic carbocycles. The van der Waals surface area contributed by atoms with Crippen LogP contribution in [0.2, 0.25) is 10.0 Å². The molecule has 2 aromatic rings. The second-order valence-corrected chi connectivity index (χ2v) is 9.64. The Morgan fingerprint density at radius 2 is 1.20 bits per heavy atom. The highest BCUT2D eigenvalue weighted by molar-refractivity contribution is 7.90. The lowest BCUT2D eigenvalue weighted by Crippen LogP contribution is -2.41. The molecule has 0 bridgehead atoms. The first-order valence-corrected chi connectivity index (χ1v) is 10.9. The fourth-order valence-corrected chi connectivity index (χ4v) is 4.55. The molecule has 0 amide bonds. The maximum Gasteiger partial charge on any atom is 0.240 e. The molecule has 0 fully saturated rings. The van der Waals surface area contributed by atoms with Crippen LogP contribution in [-0.2, 0) is 20.0 Å². The van der Waals surface area contributed by atoms with Gasteiger partial charge in [0.1, 0.15) is 0 Å². The van der Waals surface area contributed by atoms with Crippen LogP contribution in [0.15, 0.2) is 58.3 Å². The molecule has 6 nitrogen and oxygen atoms in total. The first-order valence-electron chi connectivity index (χ1n) is 7.13. The van der Waals surface area contributed by atoms with Crippen molar-refractivity contribution in [1.82, 2.24) is 9.44 Å². The first-order chi connectivity index (χ1) is 11.6. The van der Waals surface area contributed by atoms with Crippen molar-refractivity contribution in [3.8, 4) is 0 Å². The number of sulfonamides is 2. The summed E-state index contributed by atoms with van der Waals surface area (Å²) in [5, 5.41) is 0.839. The van der Waals surface area contributed by atoms with Crippen LogP contribution in [0.3, 0.4) is 0 Å². The van der Waals surface area contributed by atoms with Gasteiger partial charge in [0.05, 0.1) is 9.79 Å². The minimum Gasteiger partial charge on any atom is -0.210 e. The summed E-state index contributed by atoms with van der Waals surface area (Å²) in [5.41, 5.74) is 0. The summed E-state index contributed by atoms with van der Waals surface area (Å²) in [6.45, 7) is 1.44. The van der Waals surface area contributed by atoms with Crippen molar-refractivity contribution < 1.29 is 16.8 Å². The third-order valence-corrected chi connectivity index (χ3v) is 6.73. The van der Waals surface area contributed by atoms with E-state index in [1.165, 1.54) is 48.5 Å². The van der Waals surface area contributed by atoms with Gasteiger partial charge in [-0.15, -0.1) is 0 Å². The van der Waals surface area contributed by atoms with E-state index in [2.05, 4.69) is 9.44 Å². The van der Waals surface area contributed by atoms with E-state index in [0.29, 0.717) is 10.0 Å². The van der Waals surface area contributed by atoms with Gasteiger partial charge in [-0.05, 0) is 55.5 Å². The van der Waals surface area contributed by atoms with Crippen LogP contribution >= 0.6 is 23.2 Å². The van der Waals surface area contributed by atoms with E-state index in [1.807, 2.05) is 0 Å². The Labute approximate surface area is 157 Å². The molecule has 0 spiro atoms. The topological polar surface area (TPSA) is 92.3 Å². The zero-order valence-corrected chi connectivity index (χ0v) is 16.3. The molecular weight excluding hydrogens is 407 g/mol. The van der Waals surface area contributed by atoms with E-state index in [0.717, 1.165) is 0 Å². The zero-order chi connectivity index (χ0) is 18.7. The van der Waals surface area contributed by atoms with Crippen LogP contribution in [0.1, 0.15) is 6.92 Å². The number of halogens is 2. The average molecular weight is 423 g/mol. The van der Waals surface area contributed by atoms with Gasteiger partial charge >= 0.3 is 0 Å². The number of benzene rings is 2. The van der Waals surface area contributed by atoms with Crippen molar-refractivity contribution in [2.45, 2.75) is 22.8 Å². The number of rotatable bonds is 7. The highest BCUT2D eigenvalue weighted by Gasteiger charge is 2.20. The molecule has 0 heterocycles.